The minimum atomic E-state index is -2.20. The molecule has 0 spiro atoms. The molecule has 0 N–H and O–H groups in total. The Hall–Kier alpha value is -3.85. The van der Waals surface area contributed by atoms with E-state index in [-0.39, 0.29) is 5.56 Å². The predicted molar refractivity (Wildman–Crippen MR) is 151 cm³/mol. The lowest BCUT2D eigenvalue weighted by Crippen LogP contribution is -2.09. The van der Waals surface area contributed by atoms with Crippen LogP contribution >= 0.6 is 0 Å². The first-order valence-electron chi connectivity index (χ1n) is 14.1. The van der Waals surface area contributed by atoms with Crippen LogP contribution in [0.2, 0.25) is 0 Å². The maximum absolute atomic E-state index is 7.85. The molecule has 0 atom stereocenters. The van der Waals surface area contributed by atoms with E-state index in [4.69, 9.17) is 13.5 Å². The van der Waals surface area contributed by atoms with E-state index in [2.05, 4.69) is 69.5 Å². The van der Waals surface area contributed by atoms with Gasteiger partial charge in [-0.1, -0.05) is 81.8 Å². The highest BCUT2D eigenvalue weighted by Crippen LogP contribution is 2.41. The van der Waals surface area contributed by atoms with Crippen molar-refractivity contribution in [3.8, 4) is 17.1 Å². The van der Waals surface area contributed by atoms with Gasteiger partial charge in [0, 0.05) is 14.9 Å². The molecule has 6 aromatic rings. The monoisotopic (exact) mass is 475 g/mol. The molecule has 2 heterocycles. The SMILES string of the molecule is [2H]C([2H])([2H])c1ccc2c(c1)oc1c(-c3nc4ccccc4n3-c3c(C(C)C)cc(C)cc3C(C)C)cccc12. The highest BCUT2D eigenvalue weighted by Gasteiger charge is 2.24. The average Bonchev–Trinajstić information content (AvgIpc) is 3.45. The van der Waals surface area contributed by atoms with E-state index >= 15 is 0 Å². The van der Waals surface area contributed by atoms with Crippen molar-refractivity contribution in [3.63, 3.8) is 0 Å². The molecule has 0 aliphatic rings. The van der Waals surface area contributed by atoms with Crippen molar-refractivity contribution in [2.75, 3.05) is 0 Å². The quantitative estimate of drug-likeness (QED) is 0.254. The molecule has 0 aliphatic carbocycles. The minimum absolute atomic E-state index is 0.269. The Morgan fingerprint density at radius 3 is 2.28 bits per heavy atom. The zero-order valence-electron chi connectivity index (χ0n) is 24.4. The van der Waals surface area contributed by atoms with Crippen LogP contribution in [0.5, 0.6) is 0 Å². The first kappa shape index (κ1) is 19.4. The summed E-state index contributed by atoms with van der Waals surface area (Å²) in [4.78, 5) is 5.17. The third-order valence-corrected chi connectivity index (χ3v) is 7.08. The third-order valence-electron chi connectivity index (χ3n) is 7.08. The number of hydrogen-bond donors (Lipinski definition) is 0. The highest BCUT2D eigenvalue weighted by molar-refractivity contribution is 6.09. The molecule has 4 aromatic carbocycles. The van der Waals surface area contributed by atoms with E-state index in [1.165, 1.54) is 22.4 Å². The van der Waals surface area contributed by atoms with Gasteiger partial charge >= 0.3 is 0 Å². The topological polar surface area (TPSA) is 31.0 Å². The van der Waals surface area contributed by atoms with Crippen LogP contribution in [-0.2, 0) is 0 Å². The molecular formula is C33H32N2O. The van der Waals surface area contributed by atoms with Crippen LogP contribution in [0.1, 0.15) is 65.9 Å². The summed E-state index contributed by atoms with van der Waals surface area (Å²) in [6.45, 7) is 8.92. The Labute approximate surface area is 216 Å². The van der Waals surface area contributed by atoms with Gasteiger partial charge in [0.1, 0.15) is 17.0 Å². The fourth-order valence-corrected chi connectivity index (χ4v) is 5.38. The zero-order chi connectivity index (χ0) is 27.6. The summed E-state index contributed by atoms with van der Waals surface area (Å²) < 4.78 is 32.3. The summed E-state index contributed by atoms with van der Waals surface area (Å²) in [5.41, 5.74) is 9.35. The van der Waals surface area contributed by atoms with E-state index in [1.807, 2.05) is 30.3 Å². The van der Waals surface area contributed by atoms with E-state index in [0.29, 0.717) is 23.0 Å². The fourth-order valence-electron chi connectivity index (χ4n) is 5.38. The number of benzene rings is 4. The van der Waals surface area contributed by atoms with Gasteiger partial charge in [0.05, 0.1) is 22.3 Å². The molecule has 6 rings (SSSR count). The number of aromatic nitrogens is 2. The number of aryl methyl sites for hydroxylation is 2. The maximum Gasteiger partial charge on any atom is 0.149 e. The summed E-state index contributed by atoms with van der Waals surface area (Å²) in [5, 5.41) is 1.83. The van der Waals surface area contributed by atoms with Crippen molar-refractivity contribution >= 4 is 33.0 Å². The minimum Gasteiger partial charge on any atom is -0.455 e. The van der Waals surface area contributed by atoms with Crippen molar-refractivity contribution in [2.45, 2.75) is 53.3 Å². The zero-order valence-corrected chi connectivity index (χ0v) is 21.4. The van der Waals surface area contributed by atoms with Crippen molar-refractivity contribution in [1.82, 2.24) is 9.55 Å². The fraction of sp³-hybridized carbons (Fsp3) is 0.242. The lowest BCUT2D eigenvalue weighted by molar-refractivity contribution is 0.669. The molecule has 3 nitrogen and oxygen atoms in total. The van der Waals surface area contributed by atoms with Crippen LogP contribution in [0.3, 0.4) is 0 Å². The van der Waals surface area contributed by atoms with Gasteiger partial charge in [-0.3, -0.25) is 4.57 Å². The van der Waals surface area contributed by atoms with Gasteiger partial charge in [-0.2, -0.15) is 0 Å². The first-order valence-corrected chi connectivity index (χ1v) is 12.6. The number of fused-ring (bicyclic) bond motifs is 4. The molecule has 0 saturated heterocycles. The molecular weight excluding hydrogens is 440 g/mol. The Morgan fingerprint density at radius 2 is 1.56 bits per heavy atom. The Balaban J connectivity index is 1.72. The largest absolute Gasteiger partial charge is 0.455 e. The molecule has 2 aromatic heterocycles. The van der Waals surface area contributed by atoms with Crippen LogP contribution in [-0.4, -0.2) is 9.55 Å². The van der Waals surface area contributed by atoms with E-state index in [9.17, 15) is 0 Å². The van der Waals surface area contributed by atoms with Crippen LogP contribution in [0.4, 0.5) is 0 Å². The molecule has 0 saturated carbocycles. The van der Waals surface area contributed by atoms with Crippen LogP contribution < -0.4 is 0 Å². The first-order chi connectivity index (χ1) is 18.5. The van der Waals surface area contributed by atoms with Crippen LogP contribution in [0.15, 0.2) is 77.2 Å². The van der Waals surface area contributed by atoms with Crippen molar-refractivity contribution < 1.29 is 8.53 Å². The summed E-state index contributed by atoms with van der Waals surface area (Å²) in [6, 6.07) is 24.1. The molecule has 0 fully saturated rings. The third kappa shape index (κ3) is 3.45. The Morgan fingerprint density at radius 1 is 0.806 bits per heavy atom. The van der Waals surface area contributed by atoms with E-state index < -0.39 is 6.85 Å². The van der Waals surface area contributed by atoms with E-state index in [1.54, 1.807) is 12.1 Å². The second kappa shape index (κ2) is 8.37. The summed E-state index contributed by atoms with van der Waals surface area (Å²) in [7, 11) is 0. The normalized spacial score (nSPS) is 13.7. The summed E-state index contributed by atoms with van der Waals surface area (Å²) in [6.07, 6.45) is 0. The molecule has 0 aliphatic heterocycles. The standard InChI is InChI=1S/C33H32N2O/c1-19(2)26-16-22(6)17-27(20(3)4)31(26)35-29-13-8-7-12-28(29)34-33(35)25-11-9-10-24-23-15-14-21(5)18-30(23)36-32(24)25/h7-20H,1-6H3/i5D3. The maximum atomic E-state index is 7.85. The molecule has 36 heavy (non-hydrogen) atoms. The predicted octanol–water partition coefficient (Wildman–Crippen LogP) is 9.46. The Bertz CT molecular complexity index is 1840. The molecule has 0 amide bonds. The number of hydrogen-bond acceptors (Lipinski definition) is 2. The lowest BCUT2D eigenvalue weighted by Gasteiger charge is -2.23. The molecule has 0 unspecified atom stereocenters. The van der Waals surface area contributed by atoms with Gasteiger partial charge in [-0.25, -0.2) is 4.98 Å². The molecule has 3 heteroatoms. The summed E-state index contributed by atoms with van der Waals surface area (Å²) in [5.74, 6) is 1.43. The number of furan rings is 1. The molecule has 0 bridgehead atoms. The van der Waals surface area contributed by atoms with Crippen molar-refractivity contribution in [3.05, 3.63) is 95.1 Å². The highest BCUT2D eigenvalue weighted by atomic mass is 16.3. The lowest BCUT2D eigenvalue weighted by atomic mass is 9.90. The smallest absolute Gasteiger partial charge is 0.149 e. The van der Waals surface area contributed by atoms with Gasteiger partial charge < -0.3 is 4.42 Å². The molecule has 180 valence electrons. The van der Waals surface area contributed by atoms with Gasteiger partial charge in [-0.15, -0.1) is 0 Å². The average molecular weight is 476 g/mol. The van der Waals surface area contributed by atoms with Crippen LogP contribution in [0.25, 0.3) is 50.0 Å². The van der Waals surface area contributed by atoms with Gasteiger partial charge in [0.25, 0.3) is 0 Å². The van der Waals surface area contributed by atoms with Gasteiger partial charge in [0.15, 0.2) is 0 Å². The van der Waals surface area contributed by atoms with Gasteiger partial charge in [0.2, 0.25) is 0 Å². The second-order valence-corrected chi connectivity index (χ2v) is 10.4. The molecule has 0 radical (unpaired) electrons. The van der Waals surface area contributed by atoms with Crippen molar-refractivity contribution in [2.24, 2.45) is 0 Å². The number of para-hydroxylation sites is 3. The van der Waals surface area contributed by atoms with Gasteiger partial charge in [-0.05, 0) is 66.6 Å². The number of imidazole rings is 1. The summed E-state index contributed by atoms with van der Waals surface area (Å²) >= 11 is 0. The van der Waals surface area contributed by atoms with E-state index in [0.717, 1.165) is 33.2 Å². The number of nitrogens with zero attached hydrogens (tertiary/aromatic N) is 2. The Kier molecular flexibility index (Phi) is 4.50. The van der Waals surface area contributed by atoms with Crippen molar-refractivity contribution in [1.29, 1.82) is 0 Å². The van der Waals surface area contributed by atoms with Crippen LogP contribution in [0, 0.1) is 13.8 Å². The second-order valence-electron chi connectivity index (χ2n) is 10.4. The number of rotatable bonds is 4.